The second-order valence-corrected chi connectivity index (χ2v) is 7.61. The number of carbonyl (C=O) groups is 1. The van der Waals surface area contributed by atoms with Crippen molar-refractivity contribution >= 4 is 33.0 Å². The van der Waals surface area contributed by atoms with Crippen molar-refractivity contribution < 1.29 is 14.3 Å². The molecule has 0 aliphatic carbocycles. The summed E-state index contributed by atoms with van der Waals surface area (Å²) < 4.78 is 12.3. The number of anilines is 2. The molecule has 4 rings (SSSR count). The van der Waals surface area contributed by atoms with Crippen molar-refractivity contribution in [2.24, 2.45) is 0 Å². The standard InChI is InChI=1S/C19H21N5O4S/c1-3-4-12-10-17(26)24-18(21-12)29-19(22-24)23(2)11-16(25)20-13-5-6-14-15(9-13)28-8-7-27-14/h5-6,9-10H,3-4,7-8,11H2,1-2H3,(H,20,25). The number of aryl methyl sites for hydroxylation is 1. The van der Waals surface area contributed by atoms with E-state index in [0.29, 0.717) is 40.5 Å². The zero-order chi connectivity index (χ0) is 20.4. The Morgan fingerprint density at radius 1 is 1.28 bits per heavy atom. The van der Waals surface area contributed by atoms with Crippen molar-refractivity contribution in [3.05, 3.63) is 40.3 Å². The van der Waals surface area contributed by atoms with E-state index in [1.807, 2.05) is 6.92 Å². The molecule has 0 bridgehead atoms. The van der Waals surface area contributed by atoms with Crippen LogP contribution in [0.25, 0.3) is 4.96 Å². The maximum absolute atomic E-state index is 12.5. The van der Waals surface area contributed by atoms with Gasteiger partial charge in [-0.15, -0.1) is 5.10 Å². The predicted molar refractivity (Wildman–Crippen MR) is 110 cm³/mol. The van der Waals surface area contributed by atoms with E-state index in [1.165, 1.54) is 21.9 Å². The summed E-state index contributed by atoms with van der Waals surface area (Å²) in [6.45, 7) is 3.11. The van der Waals surface area contributed by atoms with Crippen molar-refractivity contribution in [2.45, 2.75) is 19.8 Å². The maximum atomic E-state index is 12.5. The number of ether oxygens (including phenoxy) is 2. The Kier molecular flexibility index (Phi) is 5.34. The average molecular weight is 415 g/mol. The van der Waals surface area contributed by atoms with Crippen LogP contribution in [0, 0.1) is 0 Å². The van der Waals surface area contributed by atoms with Crippen LogP contribution in [0.3, 0.4) is 0 Å². The van der Waals surface area contributed by atoms with Crippen molar-refractivity contribution in [2.75, 3.05) is 37.0 Å². The maximum Gasteiger partial charge on any atom is 0.275 e. The first-order valence-electron chi connectivity index (χ1n) is 9.34. The Bertz CT molecular complexity index is 1110. The number of nitrogens with zero attached hydrogens (tertiary/aromatic N) is 4. The molecule has 1 aliphatic heterocycles. The van der Waals surface area contributed by atoms with Gasteiger partial charge in [-0.3, -0.25) is 9.59 Å². The number of amides is 1. The quantitative estimate of drug-likeness (QED) is 0.657. The second kappa shape index (κ2) is 8.08. The topological polar surface area (TPSA) is 98.1 Å². The molecular weight excluding hydrogens is 394 g/mol. The molecule has 3 heterocycles. The van der Waals surface area contributed by atoms with E-state index in [0.717, 1.165) is 18.5 Å². The van der Waals surface area contributed by atoms with Gasteiger partial charge < -0.3 is 19.7 Å². The Hall–Kier alpha value is -3.14. The van der Waals surface area contributed by atoms with Crippen molar-refractivity contribution in [1.82, 2.24) is 14.6 Å². The molecule has 10 heteroatoms. The van der Waals surface area contributed by atoms with E-state index in [-0.39, 0.29) is 18.0 Å². The number of rotatable bonds is 6. The minimum atomic E-state index is -0.213. The molecule has 2 aromatic heterocycles. The molecule has 1 amide bonds. The van der Waals surface area contributed by atoms with Crippen LogP contribution in [0.2, 0.25) is 0 Å². The van der Waals surface area contributed by atoms with Crippen LogP contribution in [0.1, 0.15) is 19.0 Å². The van der Waals surface area contributed by atoms with Crippen LogP contribution in [0.15, 0.2) is 29.1 Å². The van der Waals surface area contributed by atoms with Gasteiger partial charge in [-0.25, -0.2) is 4.98 Å². The third kappa shape index (κ3) is 4.16. The number of hydrogen-bond acceptors (Lipinski definition) is 8. The Labute approximate surface area is 170 Å². The minimum Gasteiger partial charge on any atom is -0.486 e. The molecule has 1 aromatic carbocycles. The molecule has 3 aromatic rings. The molecule has 0 saturated carbocycles. The second-order valence-electron chi connectivity index (χ2n) is 6.68. The van der Waals surface area contributed by atoms with Crippen molar-refractivity contribution in [3.63, 3.8) is 0 Å². The summed E-state index contributed by atoms with van der Waals surface area (Å²) in [5.74, 6) is 1.07. The van der Waals surface area contributed by atoms with Crippen LogP contribution in [0.5, 0.6) is 11.5 Å². The first-order valence-corrected chi connectivity index (χ1v) is 10.2. The third-order valence-electron chi connectivity index (χ3n) is 4.33. The fourth-order valence-corrected chi connectivity index (χ4v) is 3.88. The lowest BCUT2D eigenvalue weighted by Crippen LogP contribution is -2.30. The zero-order valence-electron chi connectivity index (χ0n) is 16.2. The highest BCUT2D eigenvalue weighted by Gasteiger charge is 2.16. The number of benzene rings is 1. The first kappa shape index (κ1) is 19.2. The molecule has 152 valence electrons. The fourth-order valence-electron chi connectivity index (χ4n) is 2.99. The highest BCUT2D eigenvalue weighted by atomic mass is 32.1. The van der Waals surface area contributed by atoms with Gasteiger partial charge in [0.2, 0.25) is 16.0 Å². The van der Waals surface area contributed by atoms with E-state index in [9.17, 15) is 9.59 Å². The monoisotopic (exact) mass is 415 g/mol. The molecule has 0 fully saturated rings. The number of carbonyl (C=O) groups excluding carboxylic acids is 1. The summed E-state index contributed by atoms with van der Waals surface area (Å²) in [4.78, 5) is 31.4. The first-order chi connectivity index (χ1) is 14.0. The summed E-state index contributed by atoms with van der Waals surface area (Å²) in [7, 11) is 1.75. The smallest absolute Gasteiger partial charge is 0.275 e. The molecule has 0 unspecified atom stereocenters. The Morgan fingerprint density at radius 3 is 2.86 bits per heavy atom. The molecule has 1 aliphatic rings. The number of aromatic nitrogens is 3. The number of fused-ring (bicyclic) bond motifs is 2. The highest BCUT2D eigenvalue weighted by molar-refractivity contribution is 7.20. The minimum absolute atomic E-state index is 0.0742. The van der Waals surface area contributed by atoms with E-state index in [1.54, 1.807) is 30.1 Å². The Morgan fingerprint density at radius 2 is 2.07 bits per heavy atom. The largest absolute Gasteiger partial charge is 0.486 e. The van der Waals surface area contributed by atoms with Gasteiger partial charge in [-0.2, -0.15) is 4.52 Å². The van der Waals surface area contributed by atoms with Gasteiger partial charge in [0.1, 0.15) is 13.2 Å². The number of nitrogens with one attached hydrogen (secondary N) is 1. The molecule has 29 heavy (non-hydrogen) atoms. The van der Waals surface area contributed by atoms with Crippen LogP contribution in [0.4, 0.5) is 10.8 Å². The number of likely N-dealkylation sites (N-methyl/N-ethyl adjacent to an activating group) is 1. The van der Waals surface area contributed by atoms with Crippen molar-refractivity contribution in [1.29, 1.82) is 0 Å². The summed E-state index contributed by atoms with van der Waals surface area (Å²) in [5.41, 5.74) is 1.17. The average Bonchev–Trinajstić information content (AvgIpc) is 3.13. The lowest BCUT2D eigenvalue weighted by molar-refractivity contribution is -0.114. The number of hydrogen-bond donors (Lipinski definition) is 1. The fraction of sp³-hybridized carbons (Fsp3) is 0.368. The van der Waals surface area contributed by atoms with E-state index >= 15 is 0 Å². The molecule has 9 nitrogen and oxygen atoms in total. The normalized spacial score (nSPS) is 12.8. The summed E-state index contributed by atoms with van der Waals surface area (Å²) >= 11 is 1.28. The SMILES string of the molecule is CCCc1cc(=O)n2nc(N(C)CC(=O)Nc3ccc4c(c3)OCCO4)sc2n1. The van der Waals surface area contributed by atoms with Gasteiger partial charge in [0.25, 0.3) is 5.56 Å². The summed E-state index contributed by atoms with van der Waals surface area (Å²) in [6, 6.07) is 6.78. The lowest BCUT2D eigenvalue weighted by Gasteiger charge is -2.19. The van der Waals surface area contributed by atoms with Gasteiger partial charge in [0.05, 0.1) is 6.54 Å². The molecule has 0 saturated heterocycles. The van der Waals surface area contributed by atoms with Gasteiger partial charge in [-0.05, 0) is 18.6 Å². The van der Waals surface area contributed by atoms with Gasteiger partial charge in [0, 0.05) is 30.6 Å². The van der Waals surface area contributed by atoms with Crippen molar-refractivity contribution in [3.8, 4) is 11.5 Å². The lowest BCUT2D eigenvalue weighted by atomic mass is 10.2. The Balaban J connectivity index is 1.46. The third-order valence-corrected chi connectivity index (χ3v) is 5.35. The molecule has 1 N–H and O–H groups in total. The van der Waals surface area contributed by atoms with Crippen LogP contribution in [-0.2, 0) is 11.2 Å². The van der Waals surface area contributed by atoms with E-state index in [4.69, 9.17) is 9.47 Å². The predicted octanol–water partition coefficient (Wildman–Crippen LogP) is 1.95. The van der Waals surface area contributed by atoms with Crippen LogP contribution < -0.4 is 25.2 Å². The molecular formula is C19H21N5O4S. The summed E-state index contributed by atoms with van der Waals surface area (Å²) in [5, 5.41) is 7.68. The molecule has 0 atom stereocenters. The van der Waals surface area contributed by atoms with Crippen LogP contribution >= 0.6 is 11.3 Å². The van der Waals surface area contributed by atoms with Gasteiger partial charge in [0.15, 0.2) is 11.5 Å². The highest BCUT2D eigenvalue weighted by Crippen LogP contribution is 2.32. The van der Waals surface area contributed by atoms with E-state index < -0.39 is 0 Å². The van der Waals surface area contributed by atoms with Gasteiger partial charge in [-0.1, -0.05) is 24.7 Å². The molecule has 0 radical (unpaired) electrons. The summed E-state index contributed by atoms with van der Waals surface area (Å²) in [6.07, 6.45) is 1.65. The zero-order valence-corrected chi connectivity index (χ0v) is 17.0. The van der Waals surface area contributed by atoms with Crippen LogP contribution in [-0.4, -0.2) is 47.3 Å². The van der Waals surface area contributed by atoms with E-state index in [2.05, 4.69) is 15.4 Å². The van der Waals surface area contributed by atoms with Gasteiger partial charge >= 0.3 is 0 Å². The molecule has 0 spiro atoms.